The molecule has 1 aliphatic rings. The van der Waals surface area contributed by atoms with Crippen molar-refractivity contribution in [3.63, 3.8) is 0 Å². The van der Waals surface area contributed by atoms with Gasteiger partial charge in [-0.05, 0) is 48.7 Å². The lowest BCUT2D eigenvalue weighted by Crippen LogP contribution is -2.25. The van der Waals surface area contributed by atoms with Crippen LogP contribution in [0.15, 0.2) is 71.6 Å². The number of hydrogen-bond donors (Lipinski definition) is 2. The molecule has 166 valence electrons. The van der Waals surface area contributed by atoms with E-state index in [2.05, 4.69) is 10.0 Å². The largest absolute Gasteiger partial charge is 0.496 e. The highest BCUT2D eigenvalue weighted by Crippen LogP contribution is 2.36. The molecule has 0 aromatic heterocycles. The van der Waals surface area contributed by atoms with Crippen molar-refractivity contribution >= 4 is 33.2 Å². The molecule has 1 amide bonds. The predicted octanol–water partition coefficient (Wildman–Crippen LogP) is 4.64. The SMILES string of the molecule is COc1ccccc1-c1ccc(NC(=O)Cc2ccc(S(=O)(=O)NC3CC3)cc2)cc1Cl. The lowest BCUT2D eigenvalue weighted by atomic mass is 10.0. The van der Waals surface area contributed by atoms with Crippen molar-refractivity contribution in [2.45, 2.75) is 30.2 Å². The van der Waals surface area contributed by atoms with Gasteiger partial charge in [0.2, 0.25) is 15.9 Å². The van der Waals surface area contributed by atoms with Gasteiger partial charge in [0.1, 0.15) is 5.75 Å². The van der Waals surface area contributed by atoms with E-state index in [-0.39, 0.29) is 23.3 Å². The quantitative estimate of drug-likeness (QED) is 0.502. The molecule has 0 heterocycles. The van der Waals surface area contributed by atoms with Crippen LogP contribution in [0.3, 0.4) is 0 Å². The summed E-state index contributed by atoms with van der Waals surface area (Å²) in [6.07, 6.45) is 1.87. The molecular formula is C24H23ClN2O4S. The van der Waals surface area contributed by atoms with Gasteiger partial charge in [0.15, 0.2) is 0 Å². The third-order valence-corrected chi connectivity index (χ3v) is 7.00. The first-order valence-corrected chi connectivity index (χ1v) is 12.1. The van der Waals surface area contributed by atoms with E-state index < -0.39 is 10.0 Å². The van der Waals surface area contributed by atoms with Crippen molar-refractivity contribution in [2.24, 2.45) is 0 Å². The number of nitrogens with one attached hydrogen (secondary N) is 2. The molecule has 0 radical (unpaired) electrons. The zero-order valence-corrected chi connectivity index (χ0v) is 19.0. The van der Waals surface area contributed by atoms with Crippen LogP contribution in [0.4, 0.5) is 5.69 Å². The van der Waals surface area contributed by atoms with Gasteiger partial charge < -0.3 is 10.1 Å². The molecule has 4 rings (SSSR count). The maximum absolute atomic E-state index is 12.5. The third-order valence-electron chi connectivity index (χ3n) is 5.15. The first kappa shape index (κ1) is 22.3. The maximum atomic E-state index is 12.5. The number of carbonyl (C=O) groups excluding carboxylic acids is 1. The minimum absolute atomic E-state index is 0.0478. The second-order valence-corrected chi connectivity index (χ2v) is 9.78. The summed E-state index contributed by atoms with van der Waals surface area (Å²) in [5.41, 5.74) is 2.96. The summed E-state index contributed by atoms with van der Waals surface area (Å²) in [6.45, 7) is 0. The highest BCUT2D eigenvalue weighted by Gasteiger charge is 2.27. The van der Waals surface area contributed by atoms with Gasteiger partial charge in [0.05, 0.1) is 23.4 Å². The Hall–Kier alpha value is -2.87. The van der Waals surface area contributed by atoms with Gasteiger partial charge in [0, 0.05) is 22.9 Å². The van der Waals surface area contributed by atoms with Crippen molar-refractivity contribution in [3.05, 3.63) is 77.3 Å². The predicted molar refractivity (Wildman–Crippen MR) is 126 cm³/mol. The first-order valence-electron chi connectivity index (χ1n) is 10.2. The summed E-state index contributed by atoms with van der Waals surface area (Å²) >= 11 is 6.47. The molecule has 0 spiro atoms. The van der Waals surface area contributed by atoms with Gasteiger partial charge in [-0.15, -0.1) is 0 Å². The number of amides is 1. The molecule has 2 N–H and O–H groups in total. The van der Waals surface area contributed by atoms with Crippen LogP contribution in [-0.2, 0) is 21.2 Å². The average Bonchev–Trinajstić information content (AvgIpc) is 3.57. The Kier molecular flexibility index (Phi) is 6.50. The number of benzene rings is 3. The second-order valence-electron chi connectivity index (χ2n) is 7.66. The normalized spacial score (nSPS) is 13.6. The summed E-state index contributed by atoms with van der Waals surface area (Å²) in [6, 6.07) is 19.3. The van der Waals surface area contributed by atoms with E-state index in [1.54, 1.807) is 31.4 Å². The van der Waals surface area contributed by atoms with Crippen molar-refractivity contribution in [1.82, 2.24) is 4.72 Å². The van der Waals surface area contributed by atoms with E-state index in [0.717, 1.165) is 24.0 Å². The molecular weight excluding hydrogens is 448 g/mol. The molecule has 1 saturated carbocycles. The lowest BCUT2D eigenvalue weighted by Gasteiger charge is -2.12. The van der Waals surface area contributed by atoms with Gasteiger partial charge >= 0.3 is 0 Å². The number of hydrogen-bond acceptors (Lipinski definition) is 4. The van der Waals surface area contributed by atoms with Crippen LogP contribution in [-0.4, -0.2) is 27.5 Å². The summed E-state index contributed by atoms with van der Waals surface area (Å²) in [5, 5.41) is 3.32. The zero-order valence-electron chi connectivity index (χ0n) is 17.5. The molecule has 0 unspecified atom stereocenters. The molecule has 3 aromatic rings. The highest BCUT2D eigenvalue weighted by molar-refractivity contribution is 7.89. The Morgan fingerprint density at radius 2 is 1.75 bits per heavy atom. The van der Waals surface area contributed by atoms with Crippen LogP contribution in [0.2, 0.25) is 5.02 Å². The fourth-order valence-corrected chi connectivity index (χ4v) is 4.93. The molecule has 32 heavy (non-hydrogen) atoms. The van der Waals surface area contributed by atoms with Gasteiger partial charge in [-0.3, -0.25) is 4.79 Å². The molecule has 0 saturated heterocycles. The second kappa shape index (κ2) is 9.32. The summed E-state index contributed by atoms with van der Waals surface area (Å²) in [7, 11) is -1.90. The molecule has 3 aromatic carbocycles. The molecule has 0 aliphatic heterocycles. The van der Waals surface area contributed by atoms with Crippen LogP contribution in [0.1, 0.15) is 18.4 Å². The van der Waals surface area contributed by atoms with E-state index in [1.807, 2.05) is 30.3 Å². The molecule has 0 atom stereocenters. The van der Waals surface area contributed by atoms with Crippen molar-refractivity contribution in [2.75, 3.05) is 12.4 Å². The van der Waals surface area contributed by atoms with Gasteiger partial charge in [-0.25, -0.2) is 13.1 Å². The van der Waals surface area contributed by atoms with E-state index in [1.165, 1.54) is 12.1 Å². The van der Waals surface area contributed by atoms with Crippen LogP contribution in [0.25, 0.3) is 11.1 Å². The minimum atomic E-state index is -3.50. The number of rotatable bonds is 8. The minimum Gasteiger partial charge on any atom is -0.496 e. The molecule has 6 nitrogen and oxygen atoms in total. The average molecular weight is 471 g/mol. The van der Waals surface area contributed by atoms with Crippen molar-refractivity contribution in [1.29, 1.82) is 0 Å². The molecule has 1 aliphatic carbocycles. The number of sulfonamides is 1. The Balaban J connectivity index is 1.41. The summed E-state index contributed by atoms with van der Waals surface area (Å²) in [5.74, 6) is 0.488. The lowest BCUT2D eigenvalue weighted by molar-refractivity contribution is -0.115. The van der Waals surface area contributed by atoms with E-state index in [4.69, 9.17) is 16.3 Å². The fraction of sp³-hybridized carbons (Fsp3) is 0.208. The number of para-hydroxylation sites is 1. The molecule has 8 heteroatoms. The van der Waals surface area contributed by atoms with Crippen LogP contribution in [0.5, 0.6) is 5.75 Å². The fourth-order valence-electron chi connectivity index (χ4n) is 3.34. The van der Waals surface area contributed by atoms with Gasteiger partial charge in [0.25, 0.3) is 0 Å². The Bertz CT molecular complexity index is 1240. The summed E-state index contributed by atoms with van der Waals surface area (Å²) in [4.78, 5) is 12.7. The van der Waals surface area contributed by atoms with E-state index in [9.17, 15) is 13.2 Å². The van der Waals surface area contributed by atoms with Crippen molar-refractivity contribution in [3.8, 4) is 16.9 Å². The van der Waals surface area contributed by atoms with Gasteiger partial charge in [-0.2, -0.15) is 0 Å². The highest BCUT2D eigenvalue weighted by atomic mass is 35.5. The smallest absolute Gasteiger partial charge is 0.240 e. The Morgan fingerprint density at radius 3 is 2.41 bits per heavy atom. The number of methoxy groups -OCH3 is 1. The van der Waals surface area contributed by atoms with E-state index >= 15 is 0 Å². The first-order chi connectivity index (χ1) is 15.4. The molecule has 1 fully saturated rings. The van der Waals surface area contributed by atoms with E-state index in [0.29, 0.717) is 22.0 Å². The zero-order chi connectivity index (χ0) is 22.7. The number of halogens is 1. The number of carbonyl (C=O) groups is 1. The maximum Gasteiger partial charge on any atom is 0.240 e. The number of anilines is 1. The summed E-state index contributed by atoms with van der Waals surface area (Å²) < 4.78 is 32.5. The topological polar surface area (TPSA) is 84.5 Å². The Labute approximate surface area is 192 Å². The van der Waals surface area contributed by atoms with Crippen molar-refractivity contribution < 1.29 is 17.9 Å². The van der Waals surface area contributed by atoms with Crippen LogP contribution in [0, 0.1) is 0 Å². The monoisotopic (exact) mass is 470 g/mol. The van der Waals surface area contributed by atoms with Crippen LogP contribution < -0.4 is 14.8 Å². The van der Waals surface area contributed by atoms with Crippen LogP contribution >= 0.6 is 11.6 Å². The number of ether oxygens (including phenoxy) is 1. The van der Waals surface area contributed by atoms with Gasteiger partial charge in [-0.1, -0.05) is 48.0 Å². The Morgan fingerprint density at radius 1 is 1.03 bits per heavy atom. The molecule has 0 bridgehead atoms. The standard InChI is InChI=1S/C24H23ClN2O4S/c1-31-23-5-3-2-4-21(23)20-13-10-18(15-22(20)25)26-24(28)14-16-6-11-19(12-7-16)32(29,30)27-17-8-9-17/h2-7,10-13,15,17,27H,8-9,14H2,1H3,(H,26,28). The third kappa shape index (κ3) is 5.30.